The summed E-state index contributed by atoms with van der Waals surface area (Å²) in [6.07, 6.45) is 0. The number of rotatable bonds is 5. The van der Waals surface area contributed by atoms with Gasteiger partial charge in [-0.25, -0.2) is 0 Å². The first-order valence-corrected chi connectivity index (χ1v) is 7.73. The summed E-state index contributed by atoms with van der Waals surface area (Å²) in [6, 6.07) is 5.16. The number of aliphatic carboxylic acids is 1. The molecule has 23 heavy (non-hydrogen) atoms. The van der Waals surface area contributed by atoms with E-state index in [1.807, 2.05) is 0 Å². The van der Waals surface area contributed by atoms with E-state index in [1.54, 1.807) is 18.2 Å². The van der Waals surface area contributed by atoms with Crippen molar-refractivity contribution in [3.8, 4) is 5.75 Å². The maximum atomic E-state index is 12.1. The first-order chi connectivity index (χ1) is 10.7. The number of fused-ring (bicyclic) bond motifs is 1. The Kier molecular flexibility index (Phi) is 4.93. The van der Waals surface area contributed by atoms with Crippen LogP contribution >= 0.6 is 15.9 Å². The molecule has 124 valence electrons. The number of halogens is 1. The molecule has 1 heterocycles. The van der Waals surface area contributed by atoms with Crippen LogP contribution in [0.25, 0.3) is 0 Å². The summed E-state index contributed by atoms with van der Waals surface area (Å²) in [5.41, 5.74) is -0.565. The third-order valence-corrected chi connectivity index (χ3v) is 3.97. The largest absolute Gasteiger partial charge is 0.482 e. The van der Waals surface area contributed by atoms with Crippen LogP contribution < -0.4 is 15.0 Å². The minimum absolute atomic E-state index is 0.0209. The second-order valence-corrected chi connectivity index (χ2v) is 6.76. The lowest BCUT2D eigenvalue weighted by molar-refractivity contribution is -0.146. The Morgan fingerprint density at radius 3 is 2.78 bits per heavy atom. The summed E-state index contributed by atoms with van der Waals surface area (Å²) >= 11 is 3.32. The number of amides is 2. The lowest BCUT2D eigenvalue weighted by atomic mass is 9.94. The minimum Gasteiger partial charge on any atom is -0.482 e. The molecule has 1 aliphatic rings. The number of anilines is 1. The van der Waals surface area contributed by atoms with Gasteiger partial charge in [-0.05, 0) is 32.0 Å². The number of carboxylic acid groups (broad SMARTS) is 1. The summed E-state index contributed by atoms with van der Waals surface area (Å²) in [5.74, 6) is -1.25. The molecule has 2 rings (SSSR count). The SMILES string of the molecule is CC(C)(CNC(=O)CN1C(=O)COc2cc(Br)ccc21)C(=O)O. The molecule has 0 aliphatic carbocycles. The monoisotopic (exact) mass is 384 g/mol. The molecule has 0 atom stereocenters. The zero-order valence-electron chi connectivity index (χ0n) is 12.8. The molecule has 0 unspecified atom stereocenters. The van der Waals surface area contributed by atoms with Gasteiger partial charge in [-0.3, -0.25) is 19.3 Å². The van der Waals surface area contributed by atoms with Crippen LogP contribution in [0, 0.1) is 5.41 Å². The Hall–Kier alpha value is -2.09. The van der Waals surface area contributed by atoms with E-state index in [2.05, 4.69) is 21.2 Å². The Balaban J connectivity index is 2.06. The maximum absolute atomic E-state index is 12.1. The fourth-order valence-electron chi connectivity index (χ4n) is 1.95. The topological polar surface area (TPSA) is 95.9 Å². The molecular weight excluding hydrogens is 368 g/mol. The highest BCUT2D eigenvalue weighted by Crippen LogP contribution is 2.34. The van der Waals surface area contributed by atoms with Gasteiger partial charge in [-0.15, -0.1) is 0 Å². The average molecular weight is 385 g/mol. The smallest absolute Gasteiger partial charge is 0.310 e. The molecule has 0 radical (unpaired) electrons. The molecule has 0 saturated carbocycles. The molecule has 0 fully saturated rings. The van der Waals surface area contributed by atoms with Gasteiger partial charge in [-0.2, -0.15) is 0 Å². The van der Waals surface area contributed by atoms with E-state index in [0.29, 0.717) is 11.4 Å². The molecular formula is C15H17BrN2O5. The summed E-state index contributed by atoms with van der Waals surface area (Å²) in [4.78, 5) is 36.4. The fraction of sp³-hybridized carbons (Fsp3) is 0.400. The quantitative estimate of drug-likeness (QED) is 0.799. The Labute approximate surface area is 141 Å². The van der Waals surface area contributed by atoms with E-state index in [-0.39, 0.29) is 25.6 Å². The van der Waals surface area contributed by atoms with Gasteiger partial charge in [0, 0.05) is 11.0 Å². The predicted molar refractivity (Wildman–Crippen MR) is 86.4 cm³/mol. The van der Waals surface area contributed by atoms with Crippen molar-refractivity contribution < 1.29 is 24.2 Å². The van der Waals surface area contributed by atoms with Crippen LogP contribution in [0.15, 0.2) is 22.7 Å². The first-order valence-electron chi connectivity index (χ1n) is 6.93. The third kappa shape index (κ3) is 4.01. The number of carbonyl (C=O) groups is 3. The van der Waals surface area contributed by atoms with Gasteiger partial charge in [0.2, 0.25) is 5.91 Å². The maximum Gasteiger partial charge on any atom is 0.310 e. The van der Waals surface area contributed by atoms with E-state index in [4.69, 9.17) is 9.84 Å². The lowest BCUT2D eigenvalue weighted by Gasteiger charge is -2.29. The lowest BCUT2D eigenvalue weighted by Crippen LogP contribution is -2.47. The molecule has 0 aromatic heterocycles. The van der Waals surface area contributed by atoms with Crippen molar-refractivity contribution in [2.24, 2.45) is 5.41 Å². The van der Waals surface area contributed by atoms with E-state index in [9.17, 15) is 14.4 Å². The van der Waals surface area contributed by atoms with Crippen molar-refractivity contribution in [2.45, 2.75) is 13.8 Å². The van der Waals surface area contributed by atoms with Crippen molar-refractivity contribution in [1.29, 1.82) is 0 Å². The number of nitrogens with zero attached hydrogens (tertiary/aromatic N) is 1. The third-order valence-electron chi connectivity index (χ3n) is 3.47. The van der Waals surface area contributed by atoms with Gasteiger partial charge in [0.25, 0.3) is 5.91 Å². The zero-order chi connectivity index (χ0) is 17.2. The van der Waals surface area contributed by atoms with E-state index >= 15 is 0 Å². The summed E-state index contributed by atoms with van der Waals surface area (Å²) in [6.45, 7) is 2.68. The normalized spacial score (nSPS) is 14.0. The second-order valence-electron chi connectivity index (χ2n) is 5.85. The van der Waals surface area contributed by atoms with Gasteiger partial charge in [-0.1, -0.05) is 15.9 Å². The molecule has 1 aromatic carbocycles. The Morgan fingerprint density at radius 2 is 2.13 bits per heavy atom. The van der Waals surface area contributed by atoms with Crippen molar-refractivity contribution in [1.82, 2.24) is 5.32 Å². The predicted octanol–water partition coefficient (Wildman–Crippen LogP) is 1.40. The van der Waals surface area contributed by atoms with Crippen LogP contribution in [-0.2, 0) is 14.4 Å². The minimum atomic E-state index is -1.08. The standard InChI is InChI=1S/C15H17BrN2O5/c1-15(2,14(21)22)8-17-12(19)6-18-10-4-3-9(16)5-11(10)23-7-13(18)20/h3-5H,6-8H2,1-2H3,(H,17,19)(H,21,22). The van der Waals surface area contributed by atoms with E-state index < -0.39 is 17.3 Å². The highest BCUT2D eigenvalue weighted by Gasteiger charge is 2.30. The summed E-state index contributed by atoms with van der Waals surface area (Å²) in [5, 5.41) is 11.6. The van der Waals surface area contributed by atoms with E-state index in [0.717, 1.165) is 4.47 Å². The molecule has 8 heteroatoms. The van der Waals surface area contributed by atoms with Crippen LogP contribution in [0.3, 0.4) is 0 Å². The number of ether oxygens (including phenoxy) is 1. The second kappa shape index (κ2) is 6.57. The summed E-state index contributed by atoms with van der Waals surface area (Å²) < 4.78 is 6.15. The number of benzene rings is 1. The molecule has 2 N–H and O–H groups in total. The average Bonchev–Trinajstić information content (AvgIpc) is 2.48. The Morgan fingerprint density at radius 1 is 1.43 bits per heavy atom. The fourth-order valence-corrected chi connectivity index (χ4v) is 2.29. The van der Waals surface area contributed by atoms with Gasteiger partial charge in [0.15, 0.2) is 6.61 Å². The van der Waals surface area contributed by atoms with Crippen LogP contribution in [0.1, 0.15) is 13.8 Å². The molecule has 7 nitrogen and oxygen atoms in total. The molecule has 0 bridgehead atoms. The van der Waals surface area contributed by atoms with Crippen molar-refractivity contribution in [3.05, 3.63) is 22.7 Å². The zero-order valence-corrected chi connectivity index (χ0v) is 14.3. The van der Waals surface area contributed by atoms with Gasteiger partial charge in [0.05, 0.1) is 11.1 Å². The number of hydrogen-bond donors (Lipinski definition) is 2. The van der Waals surface area contributed by atoms with Gasteiger partial charge in [0.1, 0.15) is 12.3 Å². The molecule has 0 spiro atoms. The Bertz CT molecular complexity index is 659. The first kappa shape index (κ1) is 17.3. The van der Waals surface area contributed by atoms with Crippen LogP contribution in [0.4, 0.5) is 5.69 Å². The number of carboxylic acids is 1. The van der Waals surface area contributed by atoms with Crippen molar-refractivity contribution >= 4 is 39.4 Å². The van der Waals surface area contributed by atoms with Crippen molar-refractivity contribution in [2.75, 3.05) is 24.6 Å². The van der Waals surface area contributed by atoms with Crippen molar-refractivity contribution in [3.63, 3.8) is 0 Å². The highest BCUT2D eigenvalue weighted by molar-refractivity contribution is 9.10. The van der Waals surface area contributed by atoms with Crippen LogP contribution in [-0.4, -0.2) is 42.6 Å². The van der Waals surface area contributed by atoms with Gasteiger partial charge < -0.3 is 15.2 Å². The highest BCUT2D eigenvalue weighted by atomic mass is 79.9. The molecule has 1 aromatic rings. The molecule has 1 aliphatic heterocycles. The number of carbonyl (C=O) groups excluding carboxylic acids is 2. The summed E-state index contributed by atoms with van der Waals surface area (Å²) in [7, 11) is 0. The number of hydrogen-bond acceptors (Lipinski definition) is 4. The van der Waals surface area contributed by atoms with Gasteiger partial charge >= 0.3 is 5.97 Å². The number of nitrogens with one attached hydrogen (secondary N) is 1. The molecule has 2 amide bonds. The van der Waals surface area contributed by atoms with Crippen LogP contribution in [0.2, 0.25) is 0 Å². The van der Waals surface area contributed by atoms with Crippen LogP contribution in [0.5, 0.6) is 5.75 Å². The van der Waals surface area contributed by atoms with E-state index in [1.165, 1.54) is 18.7 Å². The molecule has 0 saturated heterocycles.